The largest absolute Gasteiger partial charge is 0.339 e. The second kappa shape index (κ2) is 9.60. The first-order chi connectivity index (χ1) is 13.7. The molecule has 11 heteroatoms. The van der Waals surface area contributed by atoms with Crippen LogP contribution in [0.5, 0.6) is 0 Å². The quantitative estimate of drug-likeness (QED) is 0.325. The van der Waals surface area contributed by atoms with Crippen molar-refractivity contribution in [3.05, 3.63) is 58.6 Å². The summed E-state index contributed by atoms with van der Waals surface area (Å²) in [7, 11) is 0. The van der Waals surface area contributed by atoms with E-state index in [1.54, 1.807) is 12.1 Å². The molecule has 0 heterocycles. The molecule has 150 valence electrons. The molecule has 0 bridgehead atoms. The van der Waals surface area contributed by atoms with Crippen molar-refractivity contribution >= 4 is 46.4 Å². The van der Waals surface area contributed by atoms with Crippen LogP contribution >= 0.6 is 0 Å². The summed E-state index contributed by atoms with van der Waals surface area (Å²) in [5.41, 5.74) is 1.04. The molecule has 0 spiro atoms. The number of hydrogen-bond donors (Lipinski definition) is 4. The van der Waals surface area contributed by atoms with Crippen LogP contribution in [0.3, 0.4) is 0 Å². The van der Waals surface area contributed by atoms with E-state index >= 15 is 0 Å². The average molecular weight is 399 g/mol. The third kappa shape index (κ3) is 6.75. The summed E-state index contributed by atoms with van der Waals surface area (Å²) in [5.74, 6) is -2.84. The highest BCUT2D eigenvalue weighted by Gasteiger charge is 2.15. The second-order valence-corrected chi connectivity index (χ2v) is 5.75. The number of non-ortho nitro benzene ring substituents is 1. The van der Waals surface area contributed by atoms with E-state index in [0.717, 1.165) is 0 Å². The molecule has 4 N–H and O–H groups in total. The first-order valence-electron chi connectivity index (χ1n) is 8.26. The second-order valence-electron chi connectivity index (χ2n) is 5.75. The van der Waals surface area contributed by atoms with E-state index in [0.29, 0.717) is 17.1 Å². The third-order valence-electron chi connectivity index (χ3n) is 3.44. The third-order valence-corrected chi connectivity index (χ3v) is 3.44. The maximum absolute atomic E-state index is 11.9. The molecule has 0 atom stereocenters. The monoisotopic (exact) mass is 399 g/mol. The Morgan fingerprint density at radius 1 is 0.793 bits per heavy atom. The molecule has 4 amide bonds. The summed E-state index contributed by atoms with van der Waals surface area (Å²) < 4.78 is 0. The molecule has 0 saturated heterocycles. The van der Waals surface area contributed by atoms with Crippen LogP contribution in [0.15, 0.2) is 48.5 Å². The Kier molecular flexibility index (Phi) is 6.96. The molecule has 2 aromatic rings. The molecule has 0 aliphatic heterocycles. The fourth-order valence-corrected chi connectivity index (χ4v) is 2.14. The highest BCUT2D eigenvalue weighted by Crippen LogP contribution is 2.15. The van der Waals surface area contributed by atoms with E-state index < -0.39 is 29.2 Å². The molecule has 0 radical (unpaired) electrons. The minimum Gasteiger partial charge on any atom is -0.339 e. The van der Waals surface area contributed by atoms with Crippen molar-refractivity contribution in [3.8, 4) is 0 Å². The van der Waals surface area contributed by atoms with Gasteiger partial charge in [0.05, 0.1) is 11.5 Å². The zero-order chi connectivity index (χ0) is 21.4. The Labute approximate surface area is 164 Å². The van der Waals surface area contributed by atoms with Crippen LogP contribution in [-0.2, 0) is 19.2 Å². The van der Waals surface area contributed by atoms with E-state index in [1.165, 1.54) is 43.3 Å². The van der Waals surface area contributed by atoms with Crippen molar-refractivity contribution in [2.45, 2.75) is 6.92 Å². The highest BCUT2D eigenvalue weighted by molar-refractivity contribution is 6.39. The van der Waals surface area contributed by atoms with Crippen molar-refractivity contribution in [1.29, 1.82) is 0 Å². The Morgan fingerprint density at radius 2 is 1.28 bits per heavy atom. The number of anilines is 3. The summed E-state index contributed by atoms with van der Waals surface area (Å²) in [6.07, 6.45) is 0. The minimum atomic E-state index is -1.02. The molecular formula is C18H17N5O6. The Morgan fingerprint density at radius 3 is 1.79 bits per heavy atom. The van der Waals surface area contributed by atoms with Crippen LogP contribution in [-0.4, -0.2) is 35.1 Å². The van der Waals surface area contributed by atoms with Gasteiger partial charge in [-0.1, -0.05) is 0 Å². The van der Waals surface area contributed by atoms with Crippen LogP contribution in [0.4, 0.5) is 22.7 Å². The van der Waals surface area contributed by atoms with Gasteiger partial charge in [0.15, 0.2) is 0 Å². The lowest BCUT2D eigenvalue weighted by Crippen LogP contribution is -2.39. The van der Waals surface area contributed by atoms with Crippen molar-refractivity contribution in [2.24, 2.45) is 0 Å². The number of nitro benzene ring substituents is 1. The number of rotatable bonds is 6. The number of hydrogen-bond acceptors (Lipinski definition) is 6. The SMILES string of the molecule is CC(=O)Nc1ccc(NC(=O)C(=O)NCC(=O)Nc2ccc([N+](=O)[O-])cc2)cc1. The van der Waals surface area contributed by atoms with E-state index in [9.17, 15) is 29.3 Å². The number of amides is 4. The average Bonchev–Trinajstić information content (AvgIpc) is 2.67. The van der Waals surface area contributed by atoms with Crippen LogP contribution in [0.1, 0.15) is 6.92 Å². The van der Waals surface area contributed by atoms with Gasteiger partial charge in [-0.2, -0.15) is 0 Å². The predicted octanol–water partition coefficient (Wildman–Crippen LogP) is 1.25. The summed E-state index contributed by atoms with van der Waals surface area (Å²) in [6.45, 7) is 0.891. The number of nitrogens with one attached hydrogen (secondary N) is 4. The van der Waals surface area contributed by atoms with Gasteiger partial charge in [-0.15, -0.1) is 0 Å². The van der Waals surface area contributed by atoms with Gasteiger partial charge in [0, 0.05) is 36.1 Å². The molecule has 29 heavy (non-hydrogen) atoms. The molecule has 0 aliphatic carbocycles. The van der Waals surface area contributed by atoms with E-state index in [-0.39, 0.29) is 11.6 Å². The van der Waals surface area contributed by atoms with E-state index in [4.69, 9.17) is 0 Å². The zero-order valence-corrected chi connectivity index (χ0v) is 15.2. The first-order valence-corrected chi connectivity index (χ1v) is 8.26. The summed E-state index contributed by atoms with van der Waals surface area (Å²) in [5, 5.41) is 20.1. The lowest BCUT2D eigenvalue weighted by molar-refractivity contribution is -0.384. The van der Waals surface area contributed by atoms with Crippen LogP contribution in [0.25, 0.3) is 0 Å². The molecule has 0 fully saturated rings. The van der Waals surface area contributed by atoms with Gasteiger partial charge >= 0.3 is 11.8 Å². The van der Waals surface area contributed by atoms with E-state index in [2.05, 4.69) is 21.3 Å². The molecule has 0 aliphatic rings. The zero-order valence-electron chi connectivity index (χ0n) is 15.2. The Balaban J connectivity index is 1.80. The maximum atomic E-state index is 11.9. The Hall–Kier alpha value is -4.28. The molecule has 0 saturated carbocycles. The first kappa shape index (κ1) is 21.0. The molecule has 11 nitrogen and oxygen atoms in total. The fourth-order valence-electron chi connectivity index (χ4n) is 2.14. The molecule has 2 rings (SSSR count). The van der Waals surface area contributed by atoms with Gasteiger partial charge in [-0.25, -0.2) is 0 Å². The van der Waals surface area contributed by atoms with Gasteiger partial charge in [0.25, 0.3) is 5.69 Å². The highest BCUT2D eigenvalue weighted by atomic mass is 16.6. The van der Waals surface area contributed by atoms with Gasteiger partial charge in [-0.3, -0.25) is 29.3 Å². The van der Waals surface area contributed by atoms with E-state index in [1.807, 2.05) is 0 Å². The van der Waals surface area contributed by atoms with Crippen LogP contribution in [0, 0.1) is 10.1 Å². The van der Waals surface area contributed by atoms with Crippen molar-refractivity contribution < 1.29 is 24.1 Å². The number of nitrogens with zero attached hydrogens (tertiary/aromatic N) is 1. The number of carbonyl (C=O) groups is 4. The fraction of sp³-hybridized carbons (Fsp3) is 0.111. The predicted molar refractivity (Wildman–Crippen MR) is 104 cm³/mol. The minimum absolute atomic E-state index is 0.127. The summed E-state index contributed by atoms with van der Waals surface area (Å²) in [4.78, 5) is 56.4. The van der Waals surface area contributed by atoms with Gasteiger partial charge in [0.1, 0.15) is 0 Å². The lowest BCUT2D eigenvalue weighted by atomic mass is 10.2. The maximum Gasteiger partial charge on any atom is 0.313 e. The topological polar surface area (TPSA) is 160 Å². The van der Waals surface area contributed by atoms with Crippen molar-refractivity contribution in [3.63, 3.8) is 0 Å². The lowest BCUT2D eigenvalue weighted by Gasteiger charge is -2.08. The van der Waals surface area contributed by atoms with Crippen molar-refractivity contribution in [1.82, 2.24) is 5.32 Å². The molecule has 0 unspecified atom stereocenters. The molecular weight excluding hydrogens is 382 g/mol. The standard InChI is InChI=1S/C18H17N5O6/c1-11(24)20-12-2-4-14(5-3-12)22-18(27)17(26)19-10-16(25)21-13-6-8-15(9-7-13)23(28)29/h2-9H,10H2,1H3,(H,19,26)(H,20,24)(H,21,25)(H,22,27). The number of benzene rings is 2. The number of nitro groups is 1. The Bertz CT molecular complexity index is 940. The van der Waals surface area contributed by atoms with Crippen molar-refractivity contribution in [2.75, 3.05) is 22.5 Å². The molecule has 0 aromatic heterocycles. The summed E-state index contributed by atoms with van der Waals surface area (Å²) >= 11 is 0. The number of carbonyl (C=O) groups excluding carboxylic acids is 4. The van der Waals surface area contributed by atoms with Crippen LogP contribution in [0.2, 0.25) is 0 Å². The van der Waals surface area contributed by atoms with Gasteiger partial charge < -0.3 is 21.3 Å². The molecule has 2 aromatic carbocycles. The van der Waals surface area contributed by atoms with Gasteiger partial charge in [-0.05, 0) is 36.4 Å². The van der Waals surface area contributed by atoms with Gasteiger partial charge in [0.2, 0.25) is 11.8 Å². The normalized spacial score (nSPS) is 9.83. The smallest absolute Gasteiger partial charge is 0.313 e. The van der Waals surface area contributed by atoms with Crippen LogP contribution < -0.4 is 21.3 Å². The summed E-state index contributed by atoms with van der Waals surface area (Å²) in [6, 6.07) is 11.2.